The van der Waals surface area contributed by atoms with Crippen LogP contribution in [0.5, 0.6) is 11.6 Å². The van der Waals surface area contributed by atoms with Crippen LogP contribution in [0.2, 0.25) is 0 Å². The van der Waals surface area contributed by atoms with Crippen molar-refractivity contribution in [1.82, 2.24) is 14.9 Å². The summed E-state index contributed by atoms with van der Waals surface area (Å²) in [6.45, 7) is -0.219. The molecule has 1 amide bonds. The molecule has 3 heterocycles. The van der Waals surface area contributed by atoms with E-state index >= 15 is 0 Å². The minimum Gasteiger partial charge on any atom is -0.439 e. The Balaban J connectivity index is 1.41. The number of hydrogen-bond acceptors (Lipinski definition) is 5. The summed E-state index contributed by atoms with van der Waals surface area (Å²) in [5.41, 5.74) is -0.170. The van der Waals surface area contributed by atoms with Gasteiger partial charge >= 0.3 is 6.18 Å². The first-order valence-corrected chi connectivity index (χ1v) is 9.50. The number of nitrogens with zero attached hydrogens (tertiary/aromatic N) is 3. The highest BCUT2D eigenvalue weighted by molar-refractivity contribution is 5.95. The number of carbonyl (C=O) groups excluding carboxylic acids is 1. The average Bonchev–Trinajstić information content (AvgIpc) is 2.71. The molecule has 2 aromatic heterocycles. The van der Waals surface area contributed by atoms with E-state index < -0.39 is 30.9 Å². The third-order valence-corrected chi connectivity index (χ3v) is 4.76. The van der Waals surface area contributed by atoms with Gasteiger partial charge in [-0.2, -0.15) is 13.2 Å². The molecule has 1 aliphatic heterocycles. The van der Waals surface area contributed by atoms with Gasteiger partial charge in [0.25, 0.3) is 12.3 Å². The Hall–Kier alpha value is -3.34. The predicted octanol–water partition coefficient (Wildman–Crippen LogP) is 4.55. The molecule has 11 heteroatoms. The second-order valence-corrected chi connectivity index (χ2v) is 7.09. The van der Waals surface area contributed by atoms with Gasteiger partial charge in [0.2, 0.25) is 5.88 Å². The summed E-state index contributed by atoms with van der Waals surface area (Å²) in [4.78, 5) is 21.9. The summed E-state index contributed by atoms with van der Waals surface area (Å²) in [7, 11) is 0. The maximum Gasteiger partial charge on any atom is 0.417 e. The monoisotopic (exact) mass is 453 g/mol. The Bertz CT molecular complexity index is 1120. The van der Waals surface area contributed by atoms with Crippen molar-refractivity contribution >= 4 is 16.8 Å². The number of likely N-dealkylation sites (tertiary alicyclic amines) is 1. The Morgan fingerprint density at radius 2 is 1.91 bits per heavy atom. The molecular formula is C21H16F5N3O3. The van der Waals surface area contributed by atoms with Crippen LogP contribution in [0, 0.1) is 0 Å². The Labute approximate surface area is 178 Å². The van der Waals surface area contributed by atoms with E-state index in [1.165, 1.54) is 11.0 Å². The second-order valence-electron chi connectivity index (χ2n) is 7.09. The van der Waals surface area contributed by atoms with Crippen molar-refractivity contribution in [1.29, 1.82) is 0 Å². The van der Waals surface area contributed by atoms with Gasteiger partial charge in [-0.1, -0.05) is 6.07 Å². The Morgan fingerprint density at radius 3 is 2.56 bits per heavy atom. The Kier molecular flexibility index (Phi) is 5.92. The molecule has 3 aromatic rings. The molecule has 0 bridgehead atoms. The predicted molar refractivity (Wildman–Crippen MR) is 103 cm³/mol. The number of benzene rings is 1. The van der Waals surface area contributed by atoms with Crippen molar-refractivity contribution in [3.8, 4) is 11.6 Å². The first-order chi connectivity index (χ1) is 15.2. The van der Waals surface area contributed by atoms with Crippen molar-refractivity contribution in [2.24, 2.45) is 0 Å². The van der Waals surface area contributed by atoms with Crippen LogP contribution in [-0.4, -0.2) is 53.0 Å². The molecule has 0 atom stereocenters. The van der Waals surface area contributed by atoms with Crippen LogP contribution in [0.15, 0.2) is 48.7 Å². The van der Waals surface area contributed by atoms with Crippen LogP contribution in [0.25, 0.3) is 10.9 Å². The number of halogens is 5. The summed E-state index contributed by atoms with van der Waals surface area (Å²) in [5, 5.41) is 0.646. The first kappa shape index (κ1) is 21.9. The van der Waals surface area contributed by atoms with E-state index in [0.717, 1.165) is 12.1 Å². The number of fused-ring (bicyclic) bond motifs is 1. The number of alkyl halides is 5. The van der Waals surface area contributed by atoms with E-state index in [4.69, 9.17) is 9.47 Å². The lowest BCUT2D eigenvalue weighted by Crippen LogP contribution is -2.55. The summed E-state index contributed by atoms with van der Waals surface area (Å²) in [5.74, 6) is 0.00369. The zero-order valence-electron chi connectivity index (χ0n) is 16.4. The molecule has 0 saturated carbocycles. The number of aromatic nitrogens is 2. The fraction of sp³-hybridized carbons (Fsp3) is 0.286. The van der Waals surface area contributed by atoms with Gasteiger partial charge in [0.1, 0.15) is 18.1 Å². The molecule has 0 unspecified atom stereocenters. The Morgan fingerprint density at radius 1 is 1.12 bits per heavy atom. The van der Waals surface area contributed by atoms with Crippen LogP contribution < -0.4 is 4.74 Å². The zero-order chi connectivity index (χ0) is 22.9. The van der Waals surface area contributed by atoms with Crippen molar-refractivity contribution in [2.75, 3.05) is 19.7 Å². The number of amides is 1. The van der Waals surface area contributed by atoms with E-state index in [2.05, 4.69) is 9.97 Å². The fourth-order valence-electron chi connectivity index (χ4n) is 3.10. The van der Waals surface area contributed by atoms with Crippen LogP contribution in [0.3, 0.4) is 0 Å². The lowest BCUT2D eigenvalue weighted by Gasteiger charge is -2.38. The molecule has 4 rings (SSSR count). The van der Waals surface area contributed by atoms with E-state index in [1.807, 2.05) is 0 Å². The van der Waals surface area contributed by atoms with Gasteiger partial charge in [-0.25, -0.2) is 18.7 Å². The number of hydrogen-bond donors (Lipinski definition) is 0. The highest BCUT2D eigenvalue weighted by atomic mass is 19.4. The summed E-state index contributed by atoms with van der Waals surface area (Å²) >= 11 is 0. The maximum absolute atomic E-state index is 12.6. The fourth-order valence-corrected chi connectivity index (χ4v) is 3.10. The standard InChI is InChI=1S/C21H16F5N3O3/c22-18(23)11-31-15-9-29(10-15)20(30)17-4-1-12-7-14(3-5-16(12)28-17)32-19-6-2-13(8-27-19)21(24,25)26/h1-8,15,18H,9-11H2. The van der Waals surface area contributed by atoms with E-state index in [0.29, 0.717) is 22.8 Å². The van der Waals surface area contributed by atoms with Gasteiger partial charge < -0.3 is 14.4 Å². The minimum absolute atomic E-state index is 0.00138. The molecule has 0 spiro atoms. The second kappa shape index (κ2) is 8.65. The average molecular weight is 453 g/mol. The molecule has 1 saturated heterocycles. The molecule has 1 fully saturated rings. The van der Waals surface area contributed by atoms with Crippen molar-refractivity contribution in [3.05, 3.63) is 59.9 Å². The summed E-state index contributed by atoms with van der Waals surface area (Å²) < 4.78 is 72.7. The van der Waals surface area contributed by atoms with Gasteiger partial charge in [0.15, 0.2) is 0 Å². The SMILES string of the molecule is O=C(c1ccc2cc(Oc3ccc(C(F)(F)F)cn3)ccc2n1)N1CC(OCC(F)F)C1. The summed E-state index contributed by atoms with van der Waals surface area (Å²) in [6.07, 6.45) is -6.75. The number of rotatable bonds is 6. The van der Waals surface area contributed by atoms with Crippen LogP contribution >= 0.6 is 0 Å². The van der Waals surface area contributed by atoms with Gasteiger partial charge in [-0.3, -0.25) is 4.79 Å². The van der Waals surface area contributed by atoms with E-state index in [1.54, 1.807) is 24.3 Å². The highest BCUT2D eigenvalue weighted by Crippen LogP contribution is 2.30. The smallest absolute Gasteiger partial charge is 0.417 e. The molecular weight excluding hydrogens is 437 g/mol. The third kappa shape index (κ3) is 4.93. The van der Waals surface area contributed by atoms with Crippen molar-refractivity contribution < 1.29 is 36.2 Å². The zero-order valence-corrected chi connectivity index (χ0v) is 16.4. The third-order valence-electron chi connectivity index (χ3n) is 4.76. The topological polar surface area (TPSA) is 64.5 Å². The summed E-state index contributed by atoms with van der Waals surface area (Å²) in [6, 6.07) is 9.97. The van der Waals surface area contributed by atoms with Gasteiger partial charge in [0, 0.05) is 30.7 Å². The molecule has 32 heavy (non-hydrogen) atoms. The molecule has 1 aliphatic rings. The normalized spacial score (nSPS) is 14.6. The van der Waals surface area contributed by atoms with Crippen molar-refractivity contribution in [3.63, 3.8) is 0 Å². The maximum atomic E-state index is 12.6. The molecule has 168 valence electrons. The van der Waals surface area contributed by atoms with Gasteiger partial charge in [0.05, 0.1) is 17.2 Å². The molecule has 0 N–H and O–H groups in total. The quantitative estimate of drug-likeness (QED) is 0.513. The number of carbonyl (C=O) groups is 1. The number of pyridine rings is 2. The van der Waals surface area contributed by atoms with Gasteiger partial charge in [-0.15, -0.1) is 0 Å². The molecule has 6 nitrogen and oxygen atoms in total. The molecule has 0 radical (unpaired) electrons. The van der Waals surface area contributed by atoms with Crippen LogP contribution in [0.4, 0.5) is 22.0 Å². The van der Waals surface area contributed by atoms with Crippen molar-refractivity contribution in [2.45, 2.75) is 18.7 Å². The lowest BCUT2D eigenvalue weighted by molar-refractivity contribution is -0.137. The largest absolute Gasteiger partial charge is 0.439 e. The van der Waals surface area contributed by atoms with E-state index in [9.17, 15) is 26.7 Å². The van der Waals surface area contributed by atoms with Gasteiger partial charge in [-0.05, 0) is 30.3 Å². The number of ether oxygens (including phenoxy) is 2. The van der Waals surface area contributed by atoms with E-state index in [-0.39, 0.29) is 30.6 Å². The highest BCUT2D eigenvalue weighted by Gasteiger charge is 2.33. The molecule has 1 aromatic carbocycles. The lowest BCUT2D eigenvalue weighted by atomic mass is 10.1. The first-order valence-electron chi connectivity index (χ1n) is 9.50. The van der Waals surface area contributed by atoms with Crippen LogP contribution in [0.1, 0.15) is 16.1 Å². The van der Waals surface area contributed by atoms with Crippen LogP contribution in [-0.2, 0) is 10.9 Å². The molecule has 0 aliphatic carbocycles. The minimum atomic E-state index is -4.48.